The van der Waals surface area contributed by atoms with Gasteiger partial charge in [-0.15, -0.1) is 0 Å². The number of ether oxygens (including phenoxy) is 1. The minimum Gasteiger partial charge on any atom is -0.378 e. The van der Waals surface area contributed by atoms with Gasteiger partial charge in [-0.1, -0.05) is 18.2 Å². The first-order chi connectivity index (χ1) is 8.57. The molecular formula is C15H22FNO. The van der Waals surface area contributed by atoms with Crippen LogP contribution in [0.4, 0.5) is 4.39 Å². The third-order valence-electron chi connectivity index (χ3n) is 3.61. The van der Waals surface area contributed by atoms with Crippen LogP contribution in [0.3, 0.4) is 0 Å². The summed E-state index contributed by atoms with van der Waals surface area (Å²) in [5.74, 6) is -0.161. The summed E-state index contributed by atoms with van der Waals surface area (Å²) in [4.78, 5) is 0. The van der Waals surface area contributed by atoms with E-state index in [1.165, 1.54) is 6.07 Å². The van der Waals surface area contributed by atoms with Crippen LogP contribution in [0, 0.1) is 5.82 Å². The predicted molar refractivity (Wildman–Crippen MR) is 70.9 cm³/mol. The standard InChI is InChI=1S/C15H22FNO/c1-15(17,9-8-13-6-4-10-18-13)11-12-5-2-3-7-14(12)16/h2-3,5,7,13H,4,6,8-11,17H2,1H3. The first-order valence-corrected chi connectivity index (χ1v) is 6.71. The number of halogens is 1. The molecule has 0 spiro atoms. The molecule has 100 valence electrons. The Balaban J connectivity index is 1.88. The highest BCUT2D eigenvalue weighted by Gasteiger charge is 2.24. The summed E-state index contributed by atoms with van der Waals surface area (Å²) in [6, 6.07) is 6.87. The van der Waals surface area contributed by atoms with Crippen LogP contribution in [0.25, 0.3) is 0 Å². The van der Waals surface area contributed by atoms with Gasteiger partial charge in [0.1, 0.15) is 5.82 Å². The lowest BCUT2D eigenvalue weighted by atomic mass is 9.88. The number of hydrogen-bond donors (Lipinski definition) is 1. The Labute approximate surface area is 108 Å². The second-order valence-corrected chi connectivity index (χ2v) is 5.60. The molecule has 2 rings (SSSR count). The molecule has 1 aromatic carbocycles. The molecule has 1 aromatic rings. The van der Waals surface area contributed by atoms with Gasteiger partial charge in [0.05, 0.1) is 6.10 Å². The number of rotatable bonds is 5. The number of hydrogen-bond acceptors (Lipinski definition) is 2. The molecule has 3 heteroatoms. The van der Waals surface area contributed by atoms with E-state index in [0.717, 1.165) is 32.3 Å². The van der Waals surface area contributed by atoms with Crippen molar-refractivity contribution in [2.75, 3.05) is 6.61 Å². The van der Waals surface area contributed by atoms with Gasteiger partial charge >= 0.3 is 0 Å². The molecule has 0 amide bonds. The Bertz CT molecular complexity index is 386. The molecule has 2 atom stereocenters. The van der Waals surface area contributed by atoms with Gasteiger partial charge < -0.3 is 10.5 Å². The lowest BCUT2D eigenvalue weighted by molar-refractivity contribution is 0.0967. The maximum Gasteiger partial charge on any atom is 0.126 e. The van der Waals surface area contributed by atoms with E-state index < -0.39 is 0 Å². The molecule has 1 aliphatic rings. The highest BCUT2D eigenvalue weighted by molar-refractivity contribution is 5.19. The monoisotopic (exact) mass is 251 g/mol. The largest absolute Gasteiger partial charge is 0.378 e. The second-order valence-electron chi connectivity index (χ2n) is 5.60. The Morgan fingerprint density at radius 1 is 1.44 bits per heavy atom. The molecule has 0 aliphatic carbocycles. The molecular weight excluding hydrogens is 229 g/mol. The average molecular weight is 251 g/mol. The van der Waals surface area contributed by atoms with Crippen molar-refractivity contribution in [1.82, 2.24) is 0 Å². The van der Waals surface area contributed by atoms with Gasteiger partial charge in [0.15, 0.2) is 0 Å². The van der Waals surface area contributed by atoms with Crippen molar-refractivity contribution in [3.05, 3.63) is 35.6 Å². The first kappa shape index (κ1) is 13.5. The Kier molecular flexibility index (Phi) is 4.36. The molecule has 2 N–H and O–H groups in total. The third kappa shape index (κ3) is 3.79. The maximum atomic E-state index is 13.6. The van der Waals surface area contributed by atoms with Gasteiger partial charge in [-0.2, -0.15) is 0 Å². The quantitative estimate of drug-likeness (QED) is 0.873. The molecule has 0 saturated carbocycles. The van der Waals surface area contributed by atoms with Crippen LogP contribution in [0.5, 0.6) is 0 Å². The van der Waals surface area contributed by atoms with Gasteiger partial charge in [-0.25, -0.2) is 4.39 Å². The summed E-state index contributed by atoms with van der Waals surface area (Å²) in [7, 11) is 0. The first-order valence-electron chi connectivity index (χ1n) is 6.71. The van der Waals surface area contributed by atoms with E-state index in [1.54, 1.807) is 6.07 Å². The molecule has 0 aromatic heterocycles. The average Bonchev–Trinajstić information content (AvgIpc) is 2.83. The van der Waals surface area contributed by atoms with Crippen molar-refractivity contribution in [2.45, 2.75) is 50.7 Å². The van der Waals surface area contributed by atoms with Crippen molar-refractivity contribution in [2.24, 2.45) is 5.73 Å². The van der Waals surface area contributed by atoms with Gasteiger partial charge in [0.2, 0.25) is 0 Å². The number of benzene rings is 1. The highest BCUT2D eigenvalue weighted by Crippen LogP contribution is 2.23. The van der Waals surface area contributed by atoms with Crippen LogP contribution in [-0.4, -0.2) is 18.2 Å². The fourth-order valence-electron chi connectivity index (χ4n) is 2.53. The van der Waals surface area contributed by atoms with Gasteiger partial charge in [-0.3, -0.25) is 0 Å². The second kappa shape index (κ2) is 5.81. The molecule has 2 unspecified atom stereocenters. The Morgan fingerprint density at radius 2 is 2.22 bits per heavy atom. The number of nitrogens with two attached hydrogens (primary N) is 1. The predicted octanol–water partition coefficient (Wildman–Crippen LogP) is 3.04. The fourth-order valence-corrected chi connectivity index (χ4v) is 2.53. The van der Waals surface area contributed by atoms with E-state index in [9.17, 15) is 4.39 Å². The lowest BCUT2D eigenvalue weighted by Gasteiger charge is -2.26. The summed E-state index contributed by atoms with van der Waals surface area (Å²) in [6.45, 7) is 2.87. The van der Waals surface area contributed by atoms with Crippen LogP contribution in [0.1, 0.15) is 38.2 Å². The summed E-state index contributed by atoms with van der Waals surface area (Å²) in [5.41, 5.74) is 6.61. The molecule has 1 heterocycles. The summed E-state index contributed by atoms with van der Waals surface area (Å²) in [5, 5.41) is 0. The van der Waals surface area contributed by atoms with Crippen LogP contribution >= 0.6 is 0 Å². The van der Waals surface area contributed by atoms with Crippen LogP contribution in [0.2, 0.25) is 0 Å². The van der Waals surface area contributed by atoms with E-state index in [2.05, 4.69) is 0 Å². The van der Waals surface area contributed by atoms with E-state index in [0.29, 0.717) is 18.1 Å². The van der Waals surface area contributed by atoms with Gasteiger partial charge in [0.25, 0.3) is 0 Å². The van der Waals surface area contributed by atoms with Crippen molar-refractivity contribution in [3.8, 4) is 0 Å². The smallest absolute Gasteiger partial charge is 0.126 e. The fraction of sp³-hybridized carbons (Fsp3) is 0.600. The summed E-state index contributed by atoms with van der Waals surface area (Å²) < 4.78 is 19.2. The van der Waals surface area contributed by atoms with Gasteiger partial charge in [-0.05, 0) is 50.7 Å². The minimum absolute atomic E-state index is 0.161. The van der Waals surface area contributed by atoms with Crippen molar-refractivity contribution in [1.29, 1.82) is 0 Å². The summed E-state index contributed by atoms with van der Waals surface area (Å²) >= 11 is 0. The third-order valence-corrected chi connectivity index (χ3v) is 3.61. The SMILES string of the molecule is CC(N)(CCC1CCCO1)Cc1ccccc1F. The van der Waals surface area contributed by atoms with E-state index in [1.807, 2.05) is 19.1 Å². The Hall–Kier alpha value is -0.930. The highest BCUT2D eigenvalue weighted by atomic mass is 19.1. The van der Waals surface area contributed by atoms with Crippen molar-refractivity contribution >= 4 is 0 Å². The van der Waals surface area contributed by atoms with Crippen LogP contribution in [-0.2, 0) is 11.2 Å². The molecule has 1 fully saturated rings. The molecule has 1 saturated heterocycles. The molecule has 0 radical (unpaired) electrons. The lowest BCUT2D eigenvalue weighted by Crippen LogP contribution is -2.39. The normalized spacial score (nSPS) is 22.9. The van der Waals surface area contributed by atoms with Crippen molar-refractivity contribution in [3.63, 3.8) is 0 Å². The van der Waals surface area contributed by atoms with Crippen molar-refractivity contribution < 1.29 is 9.13 Å². The van der Waals surface area contributed by atoms with Gasteiger partial charge in [0, 0.05) is 12.1 Å². The zero-order chi connectivity index (χ0) is 13.0. The molecule has 18 heavy (non-hydrogen) atoms. The molecule has 0 bridgehead atoms. The molecule has 1 aliphatic heterocycles. The van der Waals surface area contributed by atoms with Crippen LogP contribution < -0.4 is 5.73 Å². The minimum atomic E-state index is -0.367. The van der Waals surface area contributed by atoms with Crippen LogP contribution in [0.15, 0.2) is 24.3 Å². The maximum absolute atomic E-state index is 13.6. The van der Waals surface area contributed by atoms with E-state index in [4.69, 9.17) is 10.5 Å². The molecule has 2 nitrogen and oxygen atoms in total. The van der Waals surface area contributed by atoms with E-state index >= 15 is 0 Å². The zero-order valence-corrected chi connectivity index (χ0v) is 11.0. The zero-order valence-electron chi connectivity index (χ0n) is 11.0. The van der Waals surface area contributed by atoms with E-state index in [-0.39, 0.29) is 11.4 Å². The Morgan fingerprint density at radius 3 is 2.89 bits per heavy atom. The topological polar surface area (TPSA) is 35.2 Å². The summed E-state index contributed by atoms with van der Waals surface area (Å²) in [6.07, 6.45) is 5.06.